The summed E-state index contributed by atoms with van der Waals surface area (Å²) in [5.74, 6) is 0.786. The minimum absolute atomic E-state index is 0.0695. The molecule has 2 aromatic rings. The van der Waals surface area contributed by atoms with Gasteiger partial charge in [0.1, 0.15) is 5.75 Å². The minimum Gasteiger partial charge on any atom is -0.483 e. The van der Waals surface area contributed by atoms with E-state index in [1.807, 2.05) is 35.2 Å². The highest BCUT2D eigenvalue weighted by Gasteiger charge is 2.25. The van der Waals surface area contributed by atoms with Crippen LogP contribution in [0, 0.1) is 0 Å². The Morgan fingerprint density at radius 1 is 1.33 bits per heavy atom. The first-order valence-corrected chi connectivity index (χ1v) is 8.05. The smallest absolute Gasteiger partial charge is 0.260 e. The molecule has 1 aliphatic rings. The summed E-state index contributed by atoms with van der Waals surface area (Å²) in [5.41, 5.74) is 0. The fraction of sp³-hybridized carbons (Fsp3) is 0.353. The average molecular weight is 348 g/mol. The quantitative estimate of drug-likeness (QED) is 0.839. The highest BCUT2D eigenvalue weighted by molar-refractivity contribution is 9.10. The number of rotatable bonds is 3. The zero-order valence-corrected chi connectivity index (χ0v) is 13.6. The van der Waals surface area contributed by atoms with Gasteiger partial charge in [0.05, 0.1) is 4.47 Å². The Balaban J connectivity index is 1.73. The van der Waals surface area contributed by atoms with E-state index in [0.29, 0.717) is 11.8 Å². The summed E-state index contributed by atoms with van der Waals surface area (Å²) in [6.07, 6.45) is 2.18. The van der Waals surface area contributed by atoms with Crippen LogP contribution in [0.5, 0.6) is 5.75 Å². The van der Waals surface area contributed by atoms with Crippen molar-refractivity contribution in [3.8, 4) is 5.75 Å². The van der Waals surface area contributed by atoms with Crippen molar-refractivity contribution in [2.24, 2.45) is 0 Å². The van der Waals surface area contributed by atoms with Crippen molar-refractivity contribution in [2.45, 2.75) is 25.8 Å². The molecule has 3 rings (SSSR count). The number of benzene rings is 2. The van der Waals surface area contributed by atoms with Crippen molar-refractivity contribution < 1.29 is 9.53 Å². The lowest BCUT2D eigenvalue weighted by molar-refractivity contribution is -0.133. The maximum absolute atomic E-state index is 12.2. The second-order valence-electron chi connectivity index (χ2n) is 5.47. The van der Waals surface area contributed by atoms with E-state index in [4.69, 9.17) is 4.74 Å². The molecule has 1 atom stereocenters. The molecule has 0 aromatic heterocycles. The first kappa shape index (κ1) is 14.4. The van der Waals surface area contributed by atoms with E-state index in [1.54, 1.807) is 0 Å². The summed E-state index contributed by atoms with van der Waals surface area (Å²) in [6.45, 7) is 3.04. The third-order valence-electron chi connectivity index (χ3n) is 4.05. The number of hydrogen-bond donors (Lipinski definition) is 0. The summed E-state index contributed by atoms with van der Waals surface area (Å²) in [6, 6.07) is 12.4. The number of fused-ring (bicyclic) bond motifs is 1. The molecule has 110 valence electrons. The Labute approximate surface area is 133 Å². The van der Waals surface area contributed by atoms with Crippen LogP contribution in [-0.2, 0) is 4.79 Å². The predicted octanol–water partition coefficient (Wildman–Crippen LogP) is 3.99. The van der Waals surface area contributed by atoms with Crippen LogP contribution in [0.4, 0.5) is 0 Å². The van der Waals surface area contributed by atoms with E-state index in [9.17, 15) is 4.79 Å². The van der Waals surface area contributed by atoms with Crippen LogP contribution in [-0.4, -0.2) is 30.0 Å². The molecule has 0 saturated carbocycles. The summed E-state index contributed by atoms with van der Waals surface area (Å²) in [4.78, 5) is 14.1. The van der Waals surface area contributed by atoms with Crippen LogP contribution in [0.15, 0.2) is 40.9 Å². The normalized spacial score (nSPS) is 18.2. The lowest BCUT2D eigenvalue weighted by atomic mass is 10.1. The molecule has 0 N–H and O–H groups in total. The first-order chi connectivity index (χ1) is 10.2. The molecule has 2 aromatic carbocycles. The molecule has 1 amide bonds. The van der Waals surface area contributed by atoms with Crippen LogP contribution in [0.1, 0.15) is 19.8 Å². The summed E-state index contributed by atoms with van der Waals surface area (Å²) in [5, 5.41) is 2.24. The van der Waals surface area contributed by atoms with E-state index >= 15 is 0 Å². The Morgan fingerprint density at radius 3 is 2.90 bits per heavy atom. The Morgan fingerprint density at radius 2 is 2.14 bits per heavy atom. The highest BCUT2D eigenvalue weighted by atomic mass is 79.9. The van der Waals surface area contributed by atoms with Crippen molar-refractivity contribution in [3.63, 3.8) is 0 Å². The third-order valence-corrected chi connectivity index (χ3v) is 4.87. The average Bonchev–Trinajstić information content (AvgIpc) is 2.93. The van der Waals surface area contributed by atoms with E-state index in [-0.39, 0.29) is 12.5 Å². The zero-order chi connectivity index (χ0) is 14.8. The number of carbonyl (C=O) groups excluding carboxylic acids is 1. The number of halogens is 1. The molecule has 0 bridgehead atoms. The number of ether oxygens (including phenoxy) is 1. The van der Waals surface area contributed by atoms with E-state index < -0.39 is 0 Å². The number of nitrogens with zero attached hydrogens (tertiary/aromatic N) is 1. The maximum Gasteiger partial charge on any atom is 0.260 e. The lowest BCUT2D eigenvalue weighted by Gasteiger charge is -2.21. The summed E-state index contributed by atoms with van der Waals surface area (Å²) < 4.78 is 6.63. The van der Waals surface area contributed by atoms with Crippen molar-refractivity contribution in [2.75, 3.05) is 13.2 Å². The first-order valence-electron chi connectivity index (χ1n) is 7.26. The van der Waals surface area contributed by atoms with E-state index in [1.165, 1.54) is 0 Å². The summed E-state index contributed by atoms with van der Waals surface area (Å²) >= 11 is 3.58. The number of likely N-dealkylation sites (tertiary alicyclic amines) is 1. The molecule has 1 aliphatic heterocycles. The number of carbonyl (C=O) groups is 1. The van der Waals surface area contributed by atoms with Gasteiger partial charge in [0.15, 0.2) is 6.61 Å². The largest absolute Gasteiger partial charge is 0.483 e. The molecule has 1 heterocycles. The van der Waals surface area contributed by atoms with E-state index in [0.717, 1.165) is 34.6 Å². The maximum atomic E-state index is 12.2. The van der Waals surface area contributed by atoms with Gasteiger partial charge < -0.3 is 9.64 Å². The third kappa shape index (κ3) is 2.91. The van der Waals surface area contributed by atoms with Gasteiger partial charge in [-0.25, -0.2) is 0 Å². The predicted molar refractivity (Wildman–Crippen MR) is 87.6 cm³/mol. The van der Waals surface area contributed by atoms with Gasteiger partial charge in [0.25, 0.3) is 5.91 Å². The summed E-state index contributed by atoms with van der Waals surface area (Å²) in [7, 11) is 0. The topological polar surface area (TPSA) is 29.5 Å². The second kappa shape index (κ2) is 6.06. The Bertz CT molecular complexity index is 671. The van der Waals surface area contributed by atoms with Crippen molar-refractivity contribution in [1.29, 1.82) is 0 Å². The zero-order valence-electron chi connectivity index (χ0n) is 12.0. The molecule has 1 unspecified atom stereocenters. The van der Waals surface area contributed by atoms with Gasteiger partial charge in [0, 0.05) is 12.6 Å². The molecular formula is C17H18BrNO2. The van der Waals surface area contributed by atoms with Gasteiger partial charge in [-0.15, -0.1) is 0 Å². The van der Waals surface area contributed by atoms with Gasteiger partial charge >= 0.3 is 0 Å². The Hall–Kier alpha value is -1.55. The fourth-order valence-electron chi connectivity index (χ4n) is 2.85. The van der Waals surface area contributed by atoms with Crippen LogP contribution >= 0.6 is 15.9 Å². The fourth-order valence-corrected chi connectivity index (χ4v) is 3.46. The van der Waals surface area contributed by atoms with Crippen molar-refractivity contribution in [3.05, 3.63) is 40.9 Å². The monoisotopic (exact) mass is 347 g/mol. The number of hydrogen-bond acceptors (Lipinski definition) is 2. The molecule has 4 heteroatoms. The van der Waals surface area contributed by atoms with Crippen LogP contribution in [0.2, 0.25) is 0 Å². The van der Waals surface area contributed by atoms with Gasteiger partial charge in [-0.1, -0.05) is 30.3 Å². The molecule has 0 aliphatic carbocycles. The minimum atomic E-state index is 0.0695. The Kier molecular flexibility index (Phi) is 4.15. The van der Waals surface area contributed by atoms with Crippen LogP contribution in [0.25, 0.3) is 10.8 Å². The van der Waals surface area contributed by atoms with Crippen LogP contribution in [0.3, 0.4) is 0 Å². The van der Waals surface area contributed by atoms with Crippen molar-refractivity contribution in [1.82, 2.24) is 4.90 Å². The second-order valence-corrected chi connectivity index (χ2v) is 6.26. The van der Waals surface area contributed by atoms with Crippen LogP contribution < -0.4 is 4.74 Å². The SMILES string of the molecule is CC1CCCN1C(=O)COc1ccc2ccccc2c1Br. The van der Waals surface area contributed by atoms with Crippen molar-refractivity contribution >= 4 is 32.6 Å². The van der Waals surface area contributed by atoms with Gasteiger partial charge in [-0.2, -0.15) is 0 Å². The molecule has 1 saturated heterocycles. The standard InChI is InChI=1S/C17H18BrNO2/c1-12-5-4-10-19(12)16(20)11-21-15-9-8-13-6-2-3-7-14(13)17(15)18/h2-3,6-9,12H,4-5,10-11H2,1H3. The molecule has 3 nitrogen and oxygen atoms in total. The van der Waals surface area contributed by atoms with Gasteiger partial charge in [-0.3, -0.25) is 4.79 Å². The molecule has 0 spiro atoms. The highest BCUT2D eigenvalue weighted by Crippen LogP contribution is 2.33. The van der Waals surface area contributed by atoms with E-state index in [2.05, 4.69) is 28.9 Å². The number of amides is 1. The van der Waals surface area contributed by atoms with Gasteiger partial charge in [0.2, 0.25) is 0 Å². The molecule has 1 fully saturated rings. The molecular weight excluding hydrogens is 330 g/mol. The molecule has 21 heavy (non-hydrogen) atoms. The van der Waals surface area contributed by atoms with Gasteiger partial charge in [-0.05, 0) is 52.5 Å². The molecule has 0 radical (unpaired) electrons. The lowest BCUT2D eigenvalue weighted by Crippen LogP contribution is -2.37.